The number of carbonyl (C=O) groups is 1. The third-order valence-electron chi connectivity index (χ3n) is 4.07. The van der Waals surface area contributed by atoms with E-state index >= 15 is 0 Å². The Morgan fingerprint density at radius 2 is 1.95 bits per heavy atom. The molecule has 0 saturated heterocycles. The Bertz CT molecular complexity index is 666. The van der Waals surface area contributed by atoms with Crippen LogP contribution in [-0.2, 0) is 29.0 Å². The number of amides is 1. The van der Waals surface area contributed by atoms with Crippen molar-refractivity contribution in [2.75, 3.05) is 18.6 Å². The number of methoxy groups -OCH3 is 1. The Kier molecular flexibility index (Phi) is 4.54. The minimum atomic E-state index is 0.168. The molecule has 3 heteroatoms. The first-order valence-corrected chi connectivity index (χ1v) is 7.73. The van der Waals surface area contributed by atoms with Crippen molar-refractivity contribution in [3.05, 3.63) is 65.2 Å². The molecule has 0 unspecified atom stereocenters. The number of ether oxygens (including phenoxy) is 1. The second-order valence-electron chi connectivity index (χ2n) is 5.71. The summed E-state index contributed by atoms with van der Waals surface area (Å²) < 4.78 is 5.16. The van der Waals surface area contributed by atoms with E-state index in [4.69, 9.17) is 4.74 Å². The highest BCUT2D eigenvalue weighted by Crippen LogP contribution is 2.27. The summed E-state index contributed by atoms with van der Waals surface area (Å²) in [5.74, 6) is 0.168. The molecular formula is C19H21NO2. The molecule has 0 N–H and O–H groups in total. The zero-order valence-corrected chi connectivity index (χ0v) is 12.9. The number of rotatable bonds is 4. The molecule has 1 aliphatic heterocycles. The van der Waals surface area contributed by atoms with Crippen LogP contribution < -0.4 is 4.90 Å². The fourth-order valence-electron chi connectivity index (χ4n) is 3.06. The van der Waals surface area contributed by atoms with Crippen LogP contribution in [0, 0.1) is 0 Å². The van der Waals surface area contributed by atoms with Crippen LogP contribution in [0.4, 0.5) is 5.69 Å². The summed E-state index contributed by atoms with van der Waals surface area (Å²) in [5.41, 5.74) is 4.50. The average molecular weight is 295 g/mol. The fourth-order valence-corrected chi connectivity index (χ4v) is 3.06. The molecule has 3 nitrogen and oxygen atoms in total. The van der Waals surface area contributed by atoms with Crippen LogP contribution in [0.3, 0.4) is 0 Å². The number of para-hydroxylation sites is 1. The number of hydrogen-bond acceptors (Lipinski definition) is 2. The summed E-state index contributed by atoms with van der Waals surface area (Å²) in [7, 11) is 1.68. The maximum absolute atomic E-state index is 12.7. The standard InChI is InChI=1S/C19H21NO2/c1-22-14-16-7-4-6-15(12-16)13-19(21)20-11-5-9-17-8-2-3-10-18(17)20/h2-4,6-8,10,12H,5,9,11,13-14H2,1H3. The Balaban J connectivity index is 1.77. The van der Waals surface area contributed by atoms with Gasteiger partial charge >= 0.3 is 0 Å². The van der Waals surface area contributed by atoms with Gasteiger partial charge in [0.1, 0.15) is 0 Å². The number of fused-ring (bicyclic) bond motifs is 1. The van der Waals surface area contributed by atoms with Gasteiger partial charge in [-0.1, -0.05) is 42.5 Å². The van der Waals surface area contributed by atoms with Crippen molar-refractivity contribution in [3.8, 4) is 0 Å². The highest BCUT2D eigenvalue weighted by atomic mass is 16.5. The molecule has 0 bridgehead atoms. The molecule has 0 atom stereocenters. The highest BCUT2D eigenvalue weighted by molar-refractivity contribution is 5.95. The van der Waals surface area contributed by atoms with Crippen molar-refractivity contribution in [2.24, 2.45) is 0 Å². The van der Waals surface area contributed by atoms with Gasteiger partial charge in [-0.2, -0.15) is 0 Å². The van der Waals surface area contributed by atoms with E-state index in [2.05, 4.69) is 12.1 Å². The van der Waals surface area contributed by atoms with E-state index in [0.29, 0.717) is 13.0 Å². The van der Waals surface area contributed by atoms with Gasteiger partial charge in [0, 0.05) is 19.3 Å². The summed E-state index contributed by atoms with van der Waals surface area (Å²) in [4.78, 5) is 14.6. The van der Waals surface area contributed by atoms with Crippen LogP contribution in [-0.4, -0.2) is 19.6 Å². The van der Waals surface area contributed by atoms with Gasteiger partial charge in [-0.15, -0.1) is 0 Å². The second-order valence-corrected chi connectivity index (χ2v) is 5.71. The third-order valence-corrected chi connectivity index (χ3v) is 4.07. The molecule has 0 saturated carbocycles. The lowest BCUT2D eigenvalue weighted by Gasteiger charge is -2.29. The average Bonchev–Trinajstić information content (AvgIpc) is 2.55. The molecule has 2 aromatic carbocycles. The highest BCUT2D eigenvalue weighted by Gasteiger charge is 2.22. The molecule has 1 heterocycles. The number of nitrogens with zero attached hydrogens (tertiary/aromatic N) is 1. The third kappa shape index (κ3) is 3.20. The van der Waals surface area contributed by atoms with Gasteiger partial charge in [0.25, 0.3) is 0 Å². The van der Waals surface area contributed by atoms with Gasteiger partial charge in [0.2, 0.25) is 5.91 Å². The van der Waals surface area contributed by atoms with Crippen LogP contribution in [0.25, 0.3) is 0 Å². The maximum Gasteiger partial charge on any atom is 0.231 e. The normalized spacial score (nSPS) is 13.8. The summed E-state index contributed by atoms with van der Waals surface area (Å²) in [6.45, 7) is 1.39. The van der Waals surface area contributed by atoms with Crippen molar-refractivity contribution < 1.29 is 9.53 Å². The molecule has 3 rings (SSSR count). The predicted octanol–water partition coefficient (Wildman–Crippen LogP) is 3.35. The predicted molar refractivity (Wildman–Crippen MR) is 88.0 cm³/mol. The van der Waals surface area contributed by atoms with E-state index in [1.54, 1.807) is 7.11 Å². The van der Waals surface area contributed by atoms with E-state index in [1.165, 1.54) is 5.56 Å². The molecule has 0 radical (unpaired) electrons. The molecule has 2 aromatic rings. The van der Waals surface area contributed by atoms with Crippen LogP contribution in [0.1, 0.15) is 23.1 Å². The fraction of sp³-hybridized carbons (Fsp3) is 0.316. The number of carbonyl (C=O) groups excluding carboxylic acids is 1. The molecule has 1 amide bonds. The lowest BCUT2D eigenvalue weighted by atomic mass is 10.0. The second kappa shape index (κ2) is 6.75. The van der Waals surface area contributed by atoms with E-state index < -0.39 is 0 Å². The van der Waals surface area contributed by atoms with Gasteiger partial charge in [0.15, 0.2) is 0 Å². The quantitative estimate of drug-likeness (QED) is 0.865. The number of aryl methyl sites for hydroxylation is 1. The number of hydrogen-bond donors (Lipinski definition) is 0. The summed E-state index contributed by atoms with van der Waals surface area (Å²) in [6.07, 6.45) is 2.53. The Morgan fingerprint density at radius 1 is 1.14 bits per heavy atom. The summed E-state index contributed by atoms with van der Waals surface area (Å²) in [6, 6.07) is 16.3. The van der Waals surface area contributed by atoms with Crippen molar-refractivity contribution >= 4 is 11.6 Å². The number of benzene rings is 2. The maximum atomic E-state index is 12.7. The van der Waals surface area contributed by atoms with Crippen LogP contribution in [0.2, 0.25) is 0 Å². The SMILES string of the molecule is COCc1cccc(CC(=O)N2CCCc3ccccc32)c1. The van der Waals surface area contributed by atoms with Gasteiger partial charge in [-0.05, 0) is 35.6 Å². The van der Waals surface area contributed by atoms with Crippen molar-refractivity contribution in [3.63, 3.8) is 0 Å². The van der Waals surface area contributed by atoms with Crippen LogP contribution >= 0.6 is 0 Å². The molecule has 0 fully saturated rings. The first kappa shape index (κ1) is 14.8. The van der Waals surface area contributed by atoms with E-state index in [1.807, 2.05) is 41.3 Å². The first-order valence-electron chi connectivity index (χ1n) is 7.73. The molecule has 0 spiro atoms. The molecule has 0 aliphatic carbocycles. The van der Waals surface area contributed by atoms with Crippen LogP contribution in [0.15, 0.2) is 48.5 Å². The van der Waals surface area contributed by atoms with E-state index in [0.717, 1.165) is 36.2 Å². The van der Waals surface area contributed by atoms with E-state index in [9.17, 15) is 4.79 Å². The topological polar surface area (TPSA) is 29.5 Å². The van der Waals surface area contributed by atoms with Crippen molar-refractivity contribution in [1.82, 2.24) is 0 Å². The Labute approximate surface area is 131 Å². The molecule has 1 aliphatic rings. The first-order chi connectivity index (χ1) is 10.8. The summed E-state index contributed by atoms with van der Waals surface area (Å²) >= 11 is 0. The Morgan fingerprint density at radius 3 is 2.82 bits per heavy atom. The van der Waals surface area contributed by atoms with Crippen molar-refractivity contribution in [2.45, 2.75) is 25.9 Å². The van der Waals surface area contributed by atoms with Gasteiger partial charge in [-0.25, -0.2) is 0 Å². The van der Waals surface area contributed by atoms with E-state index in [-0.39, 0.29) is 5.91 Å². The van der Waals surface area contributed by atoms with Gasteiger partial charge in [0.05, 0.1) is 13.0 Å². The minimum Gasteiger partial charge on any atom is -0.380 e. The van der Waals surface area contributed by atoms with Gasteiger partial charge < -0.3 is 9.64 Å². The molecule has 0 aromatic heterocycles. The number of anilines is 1. The monoisotopic (exact) mass is 295 g/mol. The Hall–Kier alpha value is -2.13. The minimum absolute atomic E-state index is 0.168. The smallest absolute Gasteiger partial charge is 0.231 e. The largest absolute Gasteiger partial charge is 0.380 e. The summed E-state index contributed by atoms with van der Waals surface area (Å²) in [5, 5.41) is 0. The zero-order valence-electron chi connectivity index (χ0n) is 12.9. The molecule has 114 valence electrons. The molecular weight excluding hydrogens is 274 g/mol. The van der Waals surface area contributed by atoms with Crippen molar-refractivity contribution in [1.29, 1.82) is 0 Å². The lowest BCUT2D eigenvalue weighted by molar-refractivity contribution is -0.118. The van der Waals surface area contributed by atoms with Crippen LogP contribution in [0.5, 0.6) is 0 Å². The lowest BCUT2D eigenvalue weighted by Crippen LogP contribution is -2.36. The van der Waals surface area contributed by atoms with Gasteiger partial charge in [-0.3, -0.25) is 4.79 Å². The zero-order chi connectivity index (χ0) is 15.4. The molecule has 22 heavy (non-hydrogen) atoms.